The van der Waals surface area contributed by atoms with Gasteiger partial charge in [-0.3, -0.25) is 0 Å². The molecular formula is C13H16BrClO. The average Bonchev–Trinajstić information content (AvgIpc) is 2.78. The first-order valence-corrected chi connectivity index (χ1v) is 7.12. The summed E-state index contributed by atoms with van der Waals surface area (Å²) in [5.41, 5.74) is 1.48. The molecule has 1 aromatic rings. The van der Waals surface area contributed by atoms with Gasteiger partial charge in [-0.1, -0.05) is 40.4 Å². The van der Waals surface area contributed by atoms with Crippen LogP contribution < -0.4 is 4.74 Å². The molecule has 0 saturated heterocycles. The van der Waals surface area contributed by atoms with Crippen LogP contribution in [0.1, 0.15) is 31.2 Å². The normalized spacial score (nSPS) is 18.7. The number of hydrogen-bond donors (Lipinski definition) is 0. The van der Waals surface area contributed by atoms with Crippen molar-refractivity contribution in [2.45, 2.75) is 31.1 Å². The van der Waals surface area contributed by atoms with E-state index in [2.05, 4.69) is 22.0 Å². The molecule has 0 atom stereocenters. The van der Waals surface area contributed by atoms with Crippen LogP contribution in [0.4, 0.5) is 0 Å². The van der Waals surface area contributed by atoms with E-state index in [9.17, 15) is 0 Å². The minimum absolute atomic E-state index is 0.218. The Morgan fingerprint density at radius 1 is 1.38 bits per heavy atom. The van der Waals surface area contributed by atoms with Gasteiger partial charge in [0.05, 0.1) is 7.11 Å². The van der Waals surface area contributed by atoms with Gasteiger partial charge in [0.15, 0.2) is 0 Å². The van der Waals surface area contributed by atoms with Crippen LogP contribution in [0.2, 0.25) is 5.02 Å². The lowest BCUT2D eigenvalue weighted by molar-refractivity contribution is 0.389. The zero-order valence-electron chi connectivity index (χ0n) is 9.43. The fraction of sp³-hybridized carbons (Fsp3) is 0.538. The molecule has 0 unspecified atom stereocenters. The standard InChI is InChI=1S/C13H16BrClO/c1-16-12-5-4-10(15)8-11(12)13(9-14)6-2-3-7-13/h4-5,8H,2-3,6-7,9H2,1H3. The van der Waals surface area contributed by atoms with E-state index in [0.717, 1.165) is 16.1 Å². The highest BCUT2D eigenvalue weighted by Gasteiger charge is 2.36. The van der Waals surface area contributed by atoms with Gasteiger partial charge in [0.2, 0.25) is 0 Å². The average molecular weight is 304 g/mol. The third-order valence-electron chi connectivity index (χ3n) is 3.55. The van der Waals surface area contributed by atoms with Crippen LogP contribution in [0.3, 0.4) is 0 Å². The number of alkyl halides is 1. The second-order valence-corrected chi connectivity index (χ2v) is 5.46. The molecule has 16 heavy (non-hydrogen) atoms. The van der Waals surface area contributed by atoms with E-state index in [-0.39, 0.29) is 5.41 Å². The molecule has 0 N–H and O–H groups in total. The second kappa shape index (κ2) is 4.97. The number of benzene rings is 1. The summed E-state index contributed by atoms with van der Waals surface area (Å²) >= 11 is 9.76. The Bertz CT molecular complexity index is 372. The maximum Gasteiger partial charge on any atom is 0.122 e. The molecule has 0 aromatic heterocycles. The third-order valence-corrected chi connectivity index (χ3v) is 4.86. The lowest BCUT2D eigenvalue weighted by atomic mass is 9.80. The first kappa shape index (κ1) is 12.3. The fourth-order valence-electron chi connectivity index (χ4n) is 2.62. The molecular weight excluding hydrogens is 287 g/mol. The summed E-state index contributed by atoms with van der Waals surface area (Å²) in [5, 5.41) is 1.78. The molecule has 1 aliphatic rings. The van der Waals surface area contributed by atoms with Crippen molar-refractivity contribution in [3.63, 3.8) is 0 Å². The van der Waals surface area contributed by atoms with E-state index >= 15 is 0 Å². The molecule has 0 bridgehead atoms. The molecule has 2 rings (SSSR count). The minimum atomic E-state index is 0.218. The minimum Gasteiger partial charge on any atom is -0.496 e. The largest absolute Gasteiger partial charge is 0.496 e. The lowest BCUT2D eigenvalue weighted by Gasteiger charge is -2.29. The predicted octanol–water partition coefficient (Wildman–Crippen LogP) is 4.56. The van der Waals surface area contributed by atoms with Gasteiger partial charge in [0.1, 0.15) is 5.75 Å². The quantitative estimate of drug-likeness (QED) is 0.744. The fourth-order valence-corrected chi connectivity index (χ4v) is 3.66. The van der Waals surface area contributed by atoms with Gasteiger partial charge in [0.25, 0.3) is 0 Å². The van der Waals surface area contributed by atoms with Crippen LogP contribution in [0.15, 0.2) is 18.2 Å². The summed E-state index contributed by atoms with van der Waals surface area (Å²) in [4.78, 5) is 0. The van der Waals surface area contributed by atoms with E-state index in [1.165, 1.54) is 31.2 Å². The molecule has 3 heteroatoms. The molecule has 88 valence electrons. The summed E-state index contributed by atoms with van der Waals surface area (Å²) in [6.45, 7) is 0. The topological polar surface area (TPSA) is 9.23 Å². The van der Waals surface area contributed by atoms with E-state index in [0.29, 0.717) is 0 Å². The van der Waals surface area contributed by atoms with E-state index < -0.39 is 0 Å². The Labute approximate surface area is 110 Å². The molecule has 0 heterocycles. The van der Waals surface area contributed by atoms with E-state index in [4.69, 9.17) is 16.3 Å². The number of hydrogen-bond acceptors (Lipinski definition) is 1. The van der Waals surface area contributed by atoms with E-state index in [1.807, 2.05) is 12.1 Å². The summed E-state index contributed by atoms with van der Waals surface area (Å²) in [6.07, 6.45) is 5.02. The van der Waals surface area contributed by atoms with Crippen molar-refractivity contribution in [2.24, 2.45) is 0 Å². The second-order valence-electron chi connectivity index (χ2n) is 4.47. The molecule has 0 aliphatic heterocycles. The molecule has 1 aliphatic carbocycles. The van der Waals surface area contributed by atoms with Crippen LogP contribution in [0, 0.1) is 0 Å². The number of halogens is 2. The van der Waals surface area contributed by atoms with E-state index in [1.54, 1.807) is 7.11 Å². The summed E-state index contributed by atoms with van der Waals surface area (Å²) < 4.78 is 5.46. The monoisotopic (exact) mass is 302 g/mol. The van der Waals surface area contributed by atoms with Gasteiger partial charge in [-0.25, -0.2) is 0 Å². The Hall–Kier alpha value is -0.210. The highest BCUT2D eigenvalue weighted by molar-refractivity contribution is 9.09. The highest BCUT2D eigenvalue weighted by Crippen LogP contribution is 2.46. The van der Waals surface area contributed by atoms with Gasteiger partial charge >= 0.3 is 0 Å². The first-order valence-electron chi connectivity index (χ1n) is 5.62. The molecule has 0 spiro atoms. The van der Waals surface area contributed by atoms with Gasteiger partial charge in [0, 0.05) is 21.3 Å². The molecule has 0 amide bonds. The third kappa shape index (κ3) is 2.10. The highest BCUT2D eigenvalue weighted by atomic mass is 79.9. The van der Waals surface area contributed by atoms with Crippen molar-refractivity contribution >= 4 is 27.5 Å². The number of rotatable bonds is 3. The van der Waals surface area contributed by atoms with Gasteiger partial charge in [-0.15, -0.1) is 0 Å². The van der Waals surface area contributed by atoms with Gasteiger partial charge in [-0.05, 0) is 31.0 Å². The van der Waals surface area contributed by atoms with Gasteiger partial charge in [-0.2, -0.15) is 0 Å². The van der Waals surface area contributed by atoms with Crippen LogP contribution in [0.5, 0.6) is 5.75 Å². The van der Waals surface area contributed by atoms with Crippen molar-refractivity contribution in [2.75, 3.05) is 12.4 Å². The summed E-state index contributed by atoms with van der Waals surface area (Å²) in [7, 11) is 1.73. The molecule has 1 fully saturated rings. The van der Waals surface area contributed by atoms with Crippen molar-refractivity contribution in [1.29, 1.82) is 0 Å². The van der Waals surface area contributed by atoms with Crippen LogP contribution in [0.25, 0.3) is 0 Å². The Kier molecular flexibility index (Phi) is 3.81. The maximum atomic E-state index is 6.10. The molecule has 1 saturated carbocycles. The molecule has 1 aromatic carbocycles. The molecule has 0 radical (unpaired) electrons. The van der Waals surface area contributed by atoms with Crippen LogP contribution >= 0.6 is 27.5 Å². The smallest absolute Gasteiger partial charge is 0.122 e. The Morgan fingerprint density at radius 2 is 2.06 bits per heavy atom. The number of ether oxygens (including phenoxy) is 1. The van der Waals surface area contributed by atoms with Crippen molar-refractivity contribution in [3.8, 4) is 5.75 Å². The first-order chi connectivity index (χ1) is 7.72. The summed E-state index contributed by atoms with van der Waals surface area (Å²) in [5.74, 6) is 0.964. The number of methoxy groups -OCH3 is 1. The zero-order chi connectivity index (χ0) is 11.6. The SMILES string of the molecule is COc1ccc(Cl)cc1C1(CBr)CCCC1. The van der Waals surface area contributed by atoms with Crippen molar-refractivity contribution in [1.82, 2.24) is 0 Å². The molecule has 1 nitrogen and oxygen atoms in total. The summed E-state index contributed by atoms with van der Waals surface area (Å²) in [6, 6.07) is 5.92. The van der Waals surface area contributed by atoms with Crippen molar-refractivity contribution in [3.05, 3.63) is 28.8 Å². The maximum absolute atomic E-state index is 6.10. The lowest BCUT2D eigenvalue weighted by Crippen LogP contribution is -2.24. The Balaban J connectivity index is 2.47. The van der Waals surface area contributed by atoms with Gasteiger partial charge < -0.3 is 4.74 Å². The van der Waals surface area contributed by atoms with Crippen LogP contribution in [-0.4, -0.2) is 12.4 Å². The Morgan fingerprint density at radius 3 is 2.62 bits per heavy atom. The van der Waals surface area contributed by atoms with Crippen molar-refractivity contribution < 1.29 is 4.74 Å². The predicted molar refractivity (Wildman–Crippen MR) is 71.9 cm³/mol. The van der Waals surface area contributed by atoms with Crippen LogP contribution in [-0.2, 0) is 5.41 Å². The zero-order valence-corrected chi connectivity index (χ0v) is 11.8.